The maximum absolute atomic E-state index is 13.2. The van der Waals surface area contributed by atoms with Crippen molar-refractivity contribution in [2.75, 3.05) is 0 Å². The Bertz CT molecular complexity index is 522. The lowest BCUT2D eigenvalue weighted by Gasteiger charge is -2.01. The molecule has 0 radical (unpaired) electrons. The highest BCUT2D eigenvalue weighted by Crippen LogP contribution is 2.17. The van der Waals surface area contributed by atoms with Gasteiger partial charge in [-0.05, 0) is 29.1 Å². The molecular formula is C13H10ClFOS. The Hall–Kier alpha value is -1.19. The van der Waals surface area contributed by atoms with E-state index < -0.39 is 5.82 Å². The van der Waals surface area contributed by atoms with E-state index in [2.05, 4.69) is 0 Å². The van der Waals surface area contributed by atoms with E-state index >= 15 is 0 Å². The molecule has 0 atom stereocenters. The topological polar surface area (TPSA) is 17.1 Å². The number of carbonyl (C=O) groups excluding carboxylic acids is 1. The van der Waals surface area contributed by atoms with Crippen LogP contribution in [-0.2, 0) is 17.6 Å². The smallest absolute Gasteiger partial charge is 0.142 e. The van der Waals surface area contributed by atoms with Crippen molar-refractivity contribution in [3.8, 4) is 0 Å². The standard InChI is InChI=1S/C13H10ClFOS/c14-12-4-3-9(7-13(12)15)6-10(16)8-11-2-1-5-17-11/h1-5,7H,6,8H2. The zero-order valence-corrected chi connectivity index (χ0v) is 10.5. The Kier molecular flexibility index (Phi) is 3.92. The molecule has 2 aromatic rings. The van der Waals surface area contributed by atoms with Crippen LogP contribution in [0.5, 0.6) is 0 Å². The van der Waals surface area contributed by atoms with Crippen LogP contribution in [0.3, 0.4) is 0 Å². The summed E-state index contributed by atoms with van der Waals surface area (Å²) < 4.78 is 13.2. The van der Waals surface area contributed by atoms with Gasteiger partial charge in [0.2, 0.25) is 0 Å². The number of Topliss-reactive ketones (excluding diaryl/α,β-unsaturated/α-hetero) is 1. The minimum atomic E-state index is -0.479. The molecule has 0 spiro atoms. The van der Waals surface area contributed by atoms with Gasteiger partial charge in [0.1, 0.15) is 11.6 Å². The molecule has 17 heavy (non-hydrogen) atoms. The van der Waals surface area contributed by atoms with E-state index in [0.29, 0.717) is 12.0 Å². The summed E-state index contributed by atoms with van der Waals surface area (Å²) >= 11 is 7.13. The van der Waals surface area contributed by atoms with Crippen molar-refractivity contribution in [3.05, 3.63) is 57.0 Å². The molecule has 0 bridgehead atoms. The first kappa shape index (κ1) is 12.3. The number of benzene rings is 1. The SMILES string of the molecule is O=C(Cc1ccc(Cl)c(F)c1)Cc1cccs1. The van der Waals surface area contributed by atoms with Gasteiger partial charge in [-0.3, -0.25) is 4.79 Å². The quantitative estimate of drug-likeness (QED) is 0.822. The third-order valence-corrected chi connectivity index (χ3v) is 3.52. The van der Waals surface area contributed by atoms with Crippen molar-refractivity contribution in [1.29, 1.82) is 0 Å². The van der Waals surface area contributed by atoms with Crippen molar-refractivity contribution in [2.45, 2.75) is 12.8 Å². The molecule has 0 aliphatic rings. The van der Waals surface area contributed by atoms with E-state index in [4.69, 9.17) is 11.6 Å². The van der Waals surface area contributed by atoms with Gasteiger partial charge in [-0.15, -0.1) is 11.3 Å². The fourth-order valence-electron chi connectivity index (χ4n) is 1.55. The van der Waals surface area contributed by atoms with Gasteiger partial charge in [0.25, 0.3) is 0 Å². The Labute approximate surface area is 108 Å². The average molecular weight is 269 g/mol. The zero-order valence-electron chi connectivity index (χ0n) is 8.95. The Balaban J connectivity index is 2.00. The lowest BCUT2D eigenvalue weighted by Crippen LogP contribution is -2.05. The predicted octanol–water partition coefficient (Wildman–Crippen LogP) is 3.89. The first-order valence-electron chi connectivity index (χ1n) is 5.13. The summed E-state index contributed by atoms with van der Waals surface area (Å²) in [6.45, 7) is 0. The maximum atomic E-state index is 13.2. The molecule has 0 amide bonds. The number of carbonyl (C=O) groups is 1. The Morgan fingerprint density at radius 1 is 1.29 bits per heavy atom. The summed E-state index contributed by atoms with van der Waals surface area (Å²) in [5.41, 5.74) is 0.661. The number of hydrogen-bond donors (Lipinski definition) is 0. The van der Waals surface area contributed by atoms with Gasteiger partial charge in [-0.25, -0.2) is 4.39 Å². The van der Waals surface area contributed by atoms with Crippen LogP contribution in [0.15, 0.2) is 35.7 Å². The summed E-state index contributed by atoms with van der Waals surface area (Å²) in [7, 11) is 0. The molecule has 1 aromatic carbocycles. The largest absolute Gasteiger partial charge is 0.299 e. The minimum Gasteiger partial charge on any atom is -0.299 e. The van der Waals surface area contributed by atoms with Crippen LogP contribution in [0.4, 0.5) is 4.39 Å². The first-order valence-corrected chi connectivity index (χ1v) is 6.39. The number of hydrogen-bond acceptors (Lipinski definition) is 2. The van der Waals surface area contributed by atoms with E-state index in [1.807, 2.05) is 17.5 Å². The lowest BCUT2D eigenvalue weighted by molar-refractivity contribution is -0.117. The molecule has 88 valence electrons. The first-order chi connectivity index (χ1) is 8.15. The summed E-state index contributed by atoms with van der Waals surface area (Å²) in [6.07, 6.45) is 0.647. The second-order valence-electron chi connectivity index (χ2n) is 3.72. The predicted molar refractivity (Wildman–Crippen MR) is 68.1 cm³/mol. The molecule has 4 heteroatoms. The van der Waals surface area contributed by atoms with Crippen molar-refractivity contribution in [2.24, 2.45) is 0 Å². The highest BCUT2D eigenvalue weighted by Gasteiger charge is 2.08. The molecule has 0 aliphatic heterocycles. The van der Waals surface area contributed by atoms with Crippen molar-refractivity contribution < 1.29 is 9.18 Å². The summed E-state index contributed by atoms with van der Waals surface area (Å²) in [5, 5.41) is 2.02. The Morgan fingerprint density at radius 3 is 2.76 bits per heavy atom. The molecule has 0 aliphatic carbocycles. The van der Waals surface area contributed by atoms with Gasteiger partial charge < -0.3 is 0 Å². The molecule has 0 saturated heterocycles. The Morgan fingerprint density at radius 2 is 2.12 bits per heavy atom. The molecule has 0 unspecified atom stereocenters. The van der Waals surface area contributed by atoms with Crippen LogP contribution >= 0.6 is 22.9 Å². The van der Waals surface area contributed by atoms with Crippen molar-refractivity contribution in [3.63, 3.8) is 0 Å². The maximum Gasteiger partial charge on any atom is 0.142 e. The highest BCUT2D eigenvalue weighted by molar-refractivity contribution is 7.10. The third-order valence-electron chi connectivity index (χ3n) is 2.34. The van der Waals surface area contributed by atoms with Crippen molar-refractivity contribution in [1.82, 2.24) is 0 Å². The fraction of sp³-hybridized carbons (Fsp3) is 0.154. The highest BCUT2D eigenvalue weighted by atomic mass is 35.5. The summed E-state index contributed by atoms with van der Waals surface area (Å²) in [6, 6.07) is 8.30. The lowest BCUT2D eigenvalue weighted by atomic mass is 10.1. The zero-order chi connectivity index (χ0) is 12.3. The van der Waals surface area contributed by atoms with E-state index in [9.17, 15) is 9.18 Å². The van der Waals surface area contributed by atoms with Gasteiger partial charge in [0, 0.05) is 17.7 Å². The fourth-order valence-corrected chi connectivity index (χ4v) is 2.40. The number of thiophene rings is 1. The van der Waals surface area contributed by atoms with Crippen LogP contribution < -0.4 is 0 Å². The van der Waals surface area contributed by atoms with E-state index in [-0.39, 0.29) is 17.2 Å². The number of halogens is 2. The van der Waals surface area contributed by atoms with E-state index in [0.717, 1.165) is 4.88 Å². The number of rotatable bonds is 4. The molecule has 2 rings (SSSR count). The van der Waals surface area contributed by atoms with Gasteiger partial charge in [0.05, 0.1) is 5.02 Å². The second-order valence-corrected chi connectivity index (χ2v) is 5.16. The second kappa shape index (κ2) is 5.43. The third kappa shape index (κ3) is 3.38. The van der Waals surface area contributed by atoms with Crippen LogP contribution in [0.2, 0.25) is 5.02 Å². The van der Waals surface area contributed by atoms with Gasteiger partial charge in [-0.2, -0.15) is 0 Å². The van der Waals surface area contributed by atoms with Gasteiger partial charge >= 0.3 is 0 Å². The van der Waals surface area contributed by atoms with Gasteiger partial charge in [0.15, 0.2) is 0 Å². The van der Waals surface area contributed by atoms with Gasteiger partial charge in [-0.1, -0.05) is 23.7 Å². The molecule has 1 nitrogen and oxygen atoms in total. The molecule has 0 saturated carbocycles. The van der Waals surface area contributed by atoms with E-state index in [1.165, 1.54) is 12.1 Å². The normalized spacial score (nSPS) is 10.5. The number of ketones is 1. The molecule has 1 heterocycles. The summed E-state index contributed by atoms with van der Waals surface area (Å²) in [5.74, 6) is -0.401. The van der Waals surface area contributed by atoms with Crippen LogP contribution in [0.25, 0.3) is 0 Å². The van der Waals surface area contributed by atoms with E-state index in [1.54, 1.807) is 17.4 Å². The van der Waals surface area contributed by atoms with Crippen molar-refractivity contribution >= 4 is 28.7 Å². The molecular weight excluding hydrogens is 259 g/mol. The van der Waals surface area contributed by atoms with Crippen LogP contribution in [0, 0.1) is 5.82 Å². The van der Waals surface area contributed by atoms with Crippen LogP contribution in [-0.4, -0.2) is 5.78 Å². The van der Waals surface area contributed by atoms with Crippen LogP contribution in [0.1, 0.15) is 10.4 Å². The summed E-state index contributed by atoms with van der Waals surface area (Å²) in [4.78, 5) is 12.8. The monoisotopic (exact) mass is 268 g/mol. The average Bonchev–Trinajstić information content (AvgIpc) is 2.76. The molecule has 0 fully saturated rings. The molecule has 0 N–H and O–H groups in total. The minimum absolute atomic E-state index is 0.0779. The molecule has 1 aromatic heterocycles.